The van der Waals surface area contributed by atoms with Crippen molar-refractivity contribution in [1.82, 2.24) is 4.90 Å². The maximum absolute atomic E-state index is 13.3. The molecule has 2 aliphatic heterocycles. The molecule has 0 aromatic heterocycles. The van der Waals surface area contributed by atoms with Crippen LogP contribution in [0.15, 0.2) is 5.16 Å². The molecule has 2 saturated heterocycles. The lowest BCUT2D eigenvalue weighted by Gasteiger charge is -2.45. The summed E-state index contributed by atoms with van der Waals surface area (Å²) >= 11 is 0. The van der Waals surface area contributed by atoms with E-state index in [4.69, 9.17) is 9.57 Å². The number of likely N-dealkylation sites (tertiary alicyclic amines) is 1. The predicted molar refractivity (Wildman–Crippen MR) is 114 cm³/mol. The fourth-order valence-electron chi connectivity index (χ4n) is 5.91. The van der Waals surface area contributed by atoms with Crippen molar-refractivity contribution in [3.8, 4) is 0 Å². The largest absolute Gasteiger partial charge is 0.394 e. The van der Waals surface area contributed by atoms with Gasteiger partial charge in [-0.1, -0.05) is 5.16 Å². The molecule has 0 aromatic carbocycles. The summed E-state index contributed by atoms with van der Waals surface area (Å²) in [5.41, 5.74) is -0.379. The van der Waals surface area contributed by atoms with Crippen LogP contribution >= 0.6 is 0 Å². The first-order chi connectivity index (χ1) is 15.9. The van der Waals surface area contributed by atoms with Crippen LogP contribution in [-0.4, -0.2) is 108 Å². The first kappa shape index (κ1) is 25.4. The number of aliphatic hydroxyl groups excluding tert-OH is 6. The van der Waals surface area contributed by atoms with Crippen molar-refractivity contribution in [3.63, 3.8) is 0 Å². The molecule has 12 nitrogen and oxygen atoms in total. The molecule has 34 heavy (non-hydrogen) atoms. The average molecular weight is 487 g/mol. The van der Waals surface area contributed by atoms with Crippen LogP contribution in [0.5, 0.6) is 0 Å². The van der Waals surface area contributed by atoms with Gasteiger partial charge in [-0.3, -0.25) is 14.5 Å². The van der Waals surface area contributed by atoms with Gasteiger partial charge in [-0.25, -0.2) is 0 Å². The van der Waals surface area contributed by atoms with E-state index >= 15 is 0 Å². The summed E-state index contributed by atoms with van der Waals surface area (Å²) < 4.78 is 5.30. The van der Waals surface area contributed by atoms with Gasteiger partial charge in [0.2, 0.25) is 11.8 Å². The third-order valence-corrected chi connectivity index (χ3v) is 7.57. The molecular formula is C22H34N2O10. The third kappa shape index (κ3) is 4.04. The van der Waals surface area contributed by atoms with Gasteiger partial charge >= 0.3 is 0 Å². The van der Waals surface area contributed by atoms with Gasteiger partial charge in [-0.05, 0) is 33.6 Å². The van der Waals surface area contributed by atoms with Gasteiger partial charge in [0.1, 0.15) is 24.4 Å². The second-order valence-corrected chi connectivity index (χ2v) is 10.7. The van der Waals surface area contributed by atoms with E-state index in [1.807, 2.05) is 0 Å². The lowest BCUT2D eigenvalue weighted by molar-refractivity contribution is -0.301. The van der Waals surface area contributed by atoms with Crippen LogP contribution in [0, 0.1) is 23.7 Å². The maximum atomic E-state index is 13.3. The zero-order valence-electron chi connectivity index (χ0n) is 19.4. The number of ether oxygens (including phenoxy) is 1. The molecule has 192 valence electrons. The van der Waals surface area contributed by atoms with E-state index in [0.717, 1.165) is 0 Å². The molecule has 4 fully saturated rings. The van der Waals surface area contributed by atoms with E-state index < -0.39 is 78.7 Å². The summed E-state index contributed by atoms with van der Waals surface area (Å²) in [5.74, 6) is -3.23. The van der Waals surface area contributed by atoms with E-state index in [-0.39, 0.29) is 18.2 Å². The number of hydrogen-bond acceptors (Lipinski definition) is 11. The first-order valence-corrected chi connectivity index (χ1v) is 11.7. The second-order valence-electron chi connectivity index (χ2n) is 10.7. The third-order valence-electron chi connectivity index (χ3n) is 7.57. The van der Waals surface area contributed by atoms with Crippen LogP contribution in [0.25, 0.3) is 0 Å². The Labute approximate surface area is 196 Å². The summed E-state index contributed by atoms with van der Waals surface area (Å²) in [4.78, 5) is 32.9. The molecular weight excluding hydrogens is 452 g/mol. The fraction of sp³-hybridized carbons (Fsp3) is 0.864. The molecule has 6 N–H and O–H groups in total. The van der Waals surface area contributed by atoms with E-state index in [9.17, 15) is 40.2 Å². The maximum Gasteiger partial charge on any atom is 0.256 e. The lowest BCUT2D eigenvalue weighted by Crippen LogP contribution is -2.59. The Balaban J connectivity index is 1.59. The Morgan fingerprint density at radius 1 is 0.971 bits per heavy atom. The average Bonchev–Trinajstić information content (AvgIpc) is 3.04. The lowest BCUT2D eigenvalue weighted by atomic mass is 9.60. The Bertz CT molecular complexity index is 842. The van der Waals surface area contributed by atoms with Crippen molar-refractivity contribution in [1.29, 1.82) is 0 Å². The van der Waals surface area contributed by atoms with Gasteiger partial charge in [-0.2, -0.15) is 0 Å². The van der Waals surface area contributed by atoms with Crippen molar-refractivity contribution in [2.75, 3.05) is 6.61 Å². The number of fused-ring (bicyclic) bond motifs is 3. The Morgan fingerprint density at radius 2 is 1.62 bits per heavy atom. The minimum atomic E-state index is -1.65. The molecule has 4 aliphatic rings. The number of carbonyl (C=O) groups is 2. The molecule has 0 aromatic rings. The van der Waals surface area contributed by atoms with E-state index in [1.54, 1.807) is 20.8 Å². The van der Waals surface area contributed by atoms with Crippen molar-refractivity contribution >= 4 is 17.5 Å². The topological polar surface area (TPSA) is 190 Å². The Hall–Kier alpha value is -1.67. The normalized spacial score (nSPS) is 46.4. The zero-order chi connectivity index (χ0) is 25.1. The number of aliphatic hydroxyl groups is 6. The Kier molecular flexibility index (Phi) is 6.79. The molecule has 11 atom stereocenters. The molecule has 2 saturated carbocycles. The highest BCUT2D eigenvalue weighted by Gasteiger charge is 2.61. The highest BCUT2D eigenvalue weighted by atomic mass is 16.8. The number of rotatable bonds is 3. The number of imide groups is 1. The molecule has 0 spiro atoms. The Morgan fingerprint density at radius 3 is 2.24 bits per heavy atom. The molecule has 2 heterocycles. The minimum Gasteiger partial charge on any atom is -0.394 e. The van der Waals surface area contributed by atoms with E-state index in [1.165, 1.54) is 4.90 Å². The monoisotopic (exact) mass is 486 g/mol. The first-order valence-electron chi connectivity index (χ1n) is 11.7. The van der Waals surface area contributed by atoms with Crippen molar-refractivity contribution in [2.45, 2.75) is 88.5 Å². The van der Waals surface area contributed by atoms with Crippen molar-refractivity contribution in [2.24, 2.45) is 28.8 Å². The minimum absolute atomic E-state index is 0.0533. The summed E-state index contributed by atoms with van der Waals surface area (Å²) in [6, 6.07) is 0. The summed E-state index contributed by atoms with van der Waals surface area (Å²) in [6.07, 6.45) is -9.19. The van der Waals surface area contributed by atoms with E-state index in [2.05, 4.69) is 5.16 Å². The van der Waals surface area contributed by atoms with Crippen LogP contribution < -0.4 is 0 Å². The van der Waals surface area contributed by atoms with Gasteiger partial charge in [0.15, 0.2) is 0 Å². The predicted octanol–water partition coefficient (Wildman–Crippen LogP) is -2.29. The van der Waals surface area contributed by atoms with E-state index in [0.29, 0.717) is 18.6 Å². The van der Waals surface area contributed by atoms with Crippen LogP contribution in [-0.2, 0) is 19.2 Å². The molecule has 0 unspecified atom stereocenters. The smallest absolute Gasteiger partial charge is 0.256 e. The molecule has 12 heteroatoms. The van der Waals surface area contributed by atoms with Gasteiger partial charge in [0, 0.05) is 23.8 Å². The molecule has 2 amide bonds. The number of hydrogen-bond donors (Lipinski definition) is 6. The number of amides is 2. The number of carbonyl (C=O) groups excluding carboxylic acids is 2. The zero-order valence-corrected chi connectivity index (χ0v) is 19.4. The molecule has 0 radical (unpaired) electrons. The SMILES string of the molecule is CC(C)(C)N1C(=O)[C@H]2[C@H]3[C@H](O)[C@H](O)CC(=NO[C@@H]4O[C@H](CO)[C@@H](O)[C@H](O)[C@H]4O)[C@H]3CC[C@H]2C1=O. The van der Waals surface area contributed by atoms with Crippen molar-refractivity contribution in [3.05, 3.63) is 0 Å². The van der Waals surface area contributed by atoms with Crippen molar-refractivity contribution < 1.29 is 49.8 Å². The quantitative estimate of drug-likeness (QED) is 0.187. The highest BCUT2D eigenvalue weighted by molar-refractivity contribution is 6.06. The summed E-state index contributed by atoms with van der Waals surface area (Å²) in [7, 11) is 0. The fourth-order valence-corrected chi connectivity index (χ4v) is 5.91. The van der Waals surface area contributed by atoms with Gasteiger partial charge < -0.3 is 40.2 Å². The van der Waals surface area contributed by atoms with Gasteiger partial charge in [0.25, 0.3) is 6.29 Å². The second kappa shape index (κ2) is 9.08. The molecule has 2 aliphatic carbocycles. The van der Waals surface area contributed by atoms with Gasteiger partial charge in [-0.15, -0.1) is 0 Å². The van der Waals surface area contributed by atoms with Gasteiger partial charge in [0.05, 0.1) is 36.4 Å². The molecule has 4 rings (SSSR count). The molecule has 0 bridgehead atoms. The van der Waals surface area contributed by atoms with Crippen LogP contribution in [0.4, 0.5) is 0 Å². The summed E-state index contributed by atoms with van der Waals surface area (Å²) in [5, 5.41) is 64.8. The standard InChI is InChI=1S/C22H34N2O10/c1-22(2,3)24-19(31)9-5-4-8-10(6-11(26)15(27)13(8)14(9)20(24)32)23-34-21-18(30)17(29)16(28)12(7-25)33-21/h8-9,11-18,21,25-30H,4-7H2,1-3H3/t8-,9-,11-,12-,13+,14-,15-,16-,17+,18-,21+/m1/s1. The van der Waals surface area contributed by atoms with Crippen LogP contribution in [0.2, 0.25) is 0 Å². The number of nitrogens with zero attached hydrogens (tertiary/aromatic N) is 2. The number of oxime groups is 1. The highest BCUT2D eigenvalue weighted by Crippen LogP contribution is 2.50. The van der Waals surface area contributed by atoms with Crippen LogP contribution in [0.1, 0.15) is 40.0 Å². The summed E-state index contributed by atoms with van der Waals surface area (Å²) in [6.45, 7) is 4.68. The van der Waals surface area contributed by atoms with Crippen LogP contribution in [0.3, 0.4) is 0 Å².